The average Bonchev–Trinajstić information content (AvgIpc) is 2.85. The second kappa shape index (κ2) is 6.74. The molecule has 1 aromatic carbocycles. The zero-order valence-corrected chi connectivity index (χ0v) is 14.4. The summed E-state index contributed by atoms with van der Waals surface area (Å²) in [5.41, 5.74) is 2.69. The molecule has 0 saturated heterocycles. The molecule has 5 heteroatoms. The molecule has 118 valence electrons. The molecule has 1 atom stereocenters. The van der Waals surface area contributed by atoms with E-state index in [0.717, 1.165) is 30.4 Å². The fraction of sp³-hybridized carbons (Fsp3) is 0.333. The lowest BCUT2D eigenvalue weighted by Crippen LogP contribution is -2.14. The fourth-order valence-corrected chi connectivity index (χ4v) is 4.42. The molecule has 0 spiro atoms. The smallest absolute Gasteiger partial charge is 0.229 e. The molecule has 0 aliphatic heterocycles. The van der Waals surface area contributed by atoms with Gasteiger partial charge in [0.25, 0.3) is 0 Å². The second-order valence-electron chi connectivity index (χ2n) is 6.02. The standard InChI is InChI=1S/C18H17ClN2OS/c1-11-2-7-14-15(10-20)18(23-16(14)8-11)21-17(22)9-12-3-5-13(19)6-4-12/h3-6,11H,2,7-9H2,1H3,(H,21,22)/t11-/m0/s1. The summed E-state index contributed by atoms with van der Waals surface area (Å²) in [7, 11) is 0. The summed E-state index contributed by atoms with van der Waals surface area (Å²) in [6.07, 6.45) is 3.32. The van der Waals surface area contributed by atoms with Crippen LogP contribution in [0.2, 0.25) is 5.02 Å². The van der Waals surface area contributed by atoms with Gasteiger partial charge in [-0.15, -0.1) is 11.3 Å². The number of thiophene rings is 1. The number of benzene rings is 1. The first-order chi connectivity index (χ1) is 11.1. The van der Waals surface area contributed by atoms with Crippen LogP contribution in [0.1, 0.15) is 34.9 Å². The van der Waals surface area contributed by atoms with E-state index in [4.69, 9.17) is 11.6 Å². The predicted octanol–water partition coefficient (Wildman–Crippen LogP) is 4.58. The fourth-order valence-electron chi connectivity index (χ4n) is 2.92. The van der Waals surface area contributed by atoms with Crippen LogP contribution in [0.5, 0.6) is 0 Å². The van der Waals surface area contributed by atoms with Crippen LogP contribution in [0.3, 0.4) is 0 Å². The van der Waals surface area contributed by atoms with E-state index in [1.54, 1.807) is 23.5 Å². The SMILES string of the molecule is C[C@H]1CCc2c(sc(NC(=O)Cc3ccc(Cl)cc3)c2C#N)C1. The summed E-state index contributed by atoms with van der Waals surface area (Å²) in [4.78, 5) is 13.5. The number of halogens is 1. The number of carbonyl (C=O) groups excluding carboxylic acids is 1. The van der Waals surface area contributed by atoms with E-state index in [1.165, 1.54) is 4.88 Å². The van der Waals surface area contributed by atoms with Crippen LogP contribution in [-0.2, 0) is 24.1 Å². The Morgan fingerprint density at radius 2 is 2.17 bits per heavy atom. The zero-order chi connectivity index (χ0) is 16.4. The number of nitrogens with one attached hydrogen (secondary N) is 1. The van der Waals surface area contributed by atoms with Crippen LogP contribution < -0.4 is 5.32 Å². The average molecular weight is 345 g/mol. The highest BCUT2D eigenvalue weighted by Crippen LogP contribution is 2.39. The maximum absolute atomic E-state index is 12.3. The van der Waals surface area contributed by atoms with E-state index in [1.807, 2.05) is 12.1 Å². The van der Waals surface area contributed by atoms with Crippen molar-refractivity contribution in [2.24, 2.45) is 5.92 Å². The Morgan fingerprint density at radius 1 is 1.43 bits per heavy atom. The number of hydrogen-bond donors (Lipinski definition) is 1. The molecule has 0 radical (unpaired) electrons. The molecule has 1 aliphatic carbocycles. The molecule has 1 N–H and O–H groups in total. The van der Waals surface area contributed by atoms with Crippen molar-refractivity contribution in [3.63, 3.8) is 0 Å². The van der Waals surface area contributed by atoms with Crippen molar-refractivity contribution >= 4 is 33.8 Å². The van der Waals surface area contributed by atoms with Crippen molar-refractivity contribution in [1.82, 2.24) is 0 Å². The van der Waals surface area contributed by atoms with Gasteiger partial charge in [0, 0.05) is 9.90 Å². The molecule has 3 rings (SSSR count). The molecule has 1 aliphatic rings. The Kier molecular flexibility index (Phi) is 4.70. The maximum Gasteiger partial charge on any atom is 0.229 e. The first-order valence-electron chi connectivity index (χ1n) is 7.65. The molecule has 1 amide bonds. The van der Waals surface area contributed by atoms with E-state index in [2.05, 4.69) is 18.3 Å². The van der Waals surface area contributed by atoms with E-state index >= 15 is 0 Å². The van der Waals surface area contributed by atoms with E-state index in [0.29, 0.717) is 21.5 Å². The number of hydrogen-bond acceptors (Lipinski definition) is 3. The lowest BCUT2D eigenvalue weighted by atomic mass is 9.88. The normalized spacial score (nSPS) is 16.5. The molecule has 2 aromatic rings. The van der Waals surface area contributed by atoms with Crippen molar-refractivity contribution in [3.8, 4) is 6.07 Å². The quantitative estimate of drug-likeness (QED) is 0.886. The topological polar surface area (TPSA) is 52.9 Å². The van der Waals surface area contributed by atoms with Gasteiger partial charge in [-0.2, -0.15) is 5.26 Å². The minimum atomic E-state index is -0.101. The van der Waals surface area contributed by atoms with Gasteiger partial charge in [-0.1, -0.05) is 30.7 Å². The van der Waals surface area contributed by atoms with E-state index < -0.39 is 0 Å². The monoisotopic (exact) mass is 344 g/mol. The molecule has 1 heterocycles. The number of carbonyl (C=O) groups is 1. The Labute approximate surface area is 144 Å². The summed E-state index contributed by atoms with van der Waals surface area (Å²) in [5, 5.41) is 13.7. The van der Waals surface area contributed by atoms with Crippen LogP contribution in [-0.4, -0.2) is 5.91 Å². The van der Waals surface area contributed by atoms with Crippen LogP contribution in [0.25, 0.3) is 0 Å². The maximum atomic E-state index is 12.3. The van der Waals surface area contributed by atoms with Gasteiger partial charge in [-0.05, 0) is 48.4 Å². The molecule has 1 aromatic heterocycles. The van der Waals surface area contributed by atoms with Gasteiger partial charge in [0.1, 0.15) is 11.1 Å². The first-order valence-corrected chi connectivity index (χ1v) is 8.85. The number of anilines is 1. The molecule has 0 saturated carbocycles. The highest BCUT2D eigenvalue weighted by Gasteiger charge is 2.24. The van der Waals surface area contributed by atoms with Gasteiger partial charge in [-0.3, -0.25) is 4.79 Å². The van der Waals surface area contributed by atoms with Gasteiger partial charge in [0.15, 0.2) is 0 Å². The summed E-state index contributed by atoms with van der Waals surface area (Å²) in [5.74, 6) is 0.542. The summed E-state index contributed by atoms with van der Waals surface area (Å²) < 4.78 is 0. The van der Waals surface area contributed by atoms with Gasteiger partial charge < -0.3 is 5.32 Å². The zero-order valence-electron chi connectivity index (χ0n) is 12.9. The lowest BCUT2D eigenvalue weighted by molar-refractivity contribution is -0.115. The molecule has 0 fully saturated rings. The highest BCUT2D eigenvalue weighted by molar-refractivity contribution is 7.16. The minimum absolute atomic E-state index is 0.101. The Hall–Kier alpha value is -1.83. The first kappa shape index (κ1) is 16.0. The summed E-state index contributed by atoms with van der Waals surface area (Å²) in [6.45, 7) is 2.23. The summed E-state index contributed by atoms with van der Waals surface area (Å²) >= 11 is 7.41. The number of amides is 1. The largest absolute Gasteiger partial charge is 0.316 e. The molecule has 0 bridgehead atoms. The Morgan fingerprint density at radius 3 is 2.87 bits per heavy atom. The van der Waals surface area contributed by atoms with Crippen molar-refractivity contribution in [2.75, 3.05) is 5.32 Å². The number of fused-ring (bicyclic) bond motifs is 1. The Bertz CT molecular complexity index is 774. The summed E-state index contributed by atoms with van der Waals surface area (Å²) in [6, 6.07) is 9.50. The third-order valence-corrected chi connectivity index (χ3v) is 5.58. The highest BCUT2D eigenvalue weighted by atomic mass is 35.5. The van der Waals surface area contributed by atoms with Gasteiger partial charge >= 0.3 is 0 Å². The Balaban J connectivity index is 1.76. The van der Waals surface area contributed by atoms with Gasteiger partial charge in [0.2, 0.25) is 5.91 Å². The third kappa shape index (κ3) is 3.57. The van der Waals surface area contributed by atoms with Crippen molar-refractivity contribution in [2.45, 2.75) is 32.6 Å². The molecule has 23 heavy (non-hydrogen) atoms. The third-order valence-electron chi connectivity index (χ3n) is 4.15. The number of rotatable bonds is 3. The van der Waals surface area contributed by atoms with E-state index in [9.17, 15) is 10.1 Å². The minimum Gasteiger partial charge on any atom is -0.316 e. The van der Waals surface area contributed by atoms with Crippen molar-refractivity contribution in [3.05, 3.63) is 50.9 Å². The van der Waals surface area contributed by atoms with Crippen molar-refractivity contribution < 1.29 is 4.79 Å². The molecule has 0 unspecified atom stereocenters. The predicted molar refractivity (Wildman–Crippen MR) is 94.0 cm³/mol. The number of nitriles is 1. The van der Waals surface area contributed by atoms with Crippen molar-refractivity contribution in [1.29, 1.82) is 5.26 Å². The lowest BCUT2D eigenvalue weighted by Gasteiger charge is -2.17. The van der Waals surface area contributed by atoms with Gasteiger partial charge in [-0.25, -0.2) is 0 Å². The second-order valence-corrected chi connectivity index (χ2v) is 7.56. The molecular weight excluding hydrogens is 328 g/mol. The molecule has 3 nitrogen and oxygen atoms in total. The molecular formula is C18H17ClN2OS. The van der Waals surface area contributed by atoms with Crippen LogP contribution in [0, 0.1) is 17.2 Å². The van der Waals surface area contributed by atoms with Crippen LogP contribution in [0.4, 0.5) is 5.00 Å². The van der Waals surface area contributed by atoms with Crippen LogP contribution in [0.15, 0.2) is 24.3 Å². The number of nitrogens with zero attached hydrogens (tertiary/aromatic N) is 1. The van der Waals surface area contributed by atoms with Crippen LogP contribution >= 0.6 is 22.9 Å². The van der Waals surface area contributed by atoms with Gasteiger partial charge in [0.05, 0.1) is 12.0 Å². The van der Waals surface area contributed by atoms with E-state index in [-0.39, 0.29) is 12.3 Å².